The predicted octanol–water partition coefficient (Wildman–Crippen LogP) is 5.23. The third kappa shape index (κ3) is 4.66. The van der Waals surface area contributed by atoms with Gasteiger partial charge >= 0.3 is 6.18 Å². The van der Waals surface area contributed by atoms with Crippen LogP contribution >= 0.6 is 0 Å². The monoisotopic (exact) mass is 428 g/mol. The van der Waals surface area contributed by atoms with Crippen LogP contribution in [0.2, 0.25) is 0 Å². The van der Waals surface area contributed by atoms with Gasteiger partial charge in [0, 0.05) is 36.5 Å². The molecule has 3 aromatic rings. The summed E-state index contributed by atoms with van der Waals surface area (Å²) in [4.78, 5) is 5.92. The fraction of sp³-hybridized carbons (Fsp3) is 0.292. The molecule has 2 aromatic carbocycles. The highest BCUT2D eigenvalue weighted by molar-refractivity contribution is 5.71. The maximum Gasteiger partial charge on any atom is 0.417 e. The molecule has 31 heavy (non-hydrogen) atoms. The molecule has 1 unspecified atom stereocenters. The van der Waals surface area contributed by atoms with Gasteiger partial charge in [0.15, 0.2) is 0 Å². The molecular formula is C24H23F3N2O2. The van der Waals surface area contributed by atoms with E-state index in [2.05, 4.69) is 28.9 Å². The number of aliphatic hydroxyl groups is 1. The van der Waals surface area contributed by atoms with Gasteiger partial charge in [-0.1, -0.05) is 30.3 Å². The molecule has 0 aliphatic carbocycles. The number of ether oxygens (including phenoxy) is 1. The Bertz CT molecular complexity index is 1050. The average Bonchev–Trinajstić information content (AvgIpc) is 3.21. The van der Waals surface area contributed by atoms with Crippen molar-refractivity contribution < 1.29 is 23.0 Å². The van der Waals surface area contributed by atoms with Gasteiger partial charge in [-0.3, -0.25) is 0 Å². The fourth-order valence-corrected chi connectivity index (χ4v) is 3.92. The molecule has 0 radical (unpaired) electrons. The topological polar surface area (TPSA) is 45.6 Å². The number of aromatic nitrogens is 1. The number of alkyl halides is 3. The molecule has 1 aliphatic heterocycles. The second-order valence-corrected chi connectivity index (χ2v) is 7.67. The predicted molar refractivity (Wildman–Crippen MR) is 113 cm³/mol. The first-order valence-electron chi connectivity index (χ1n) is 10.1. The standard InChI is InChI=1S/C24H23F3N2O2/c1-16-4-2-3-5-21(16)17-6-8-22(18(12-17)15-30)29-11-10-20(14-29)31-23-9-7-19(13-28-23)24(25,26)27/h2-9,12-13,20,30H,10-11,14-15H2,1H3. The van der Waals surface area contributed by atoms with Crippen molar-refractivity contribution in [3.05, 3.63) is 77.5 Å². The summed E-state index contributed by atoms with van der Waals surface area (Å²) in [6.45, 7) is 3.26. The molecule has 1 atom stereocenters. The van der Waals surface area contributed by atoms with E-state index < -0.39 is 11.7 Å². The molecule has 1 N–H and O–H groups in total. The largest absolute Gasteiger partial charge is 0.472 e. The lowest BCUT2D eigenvalue weighted by Gasteiger charge is -2.22. The molecule has 4 rings (SSSR count). The van der Waals surface area contributed by atoms with Gasteiger partial charge in [0.1, 0.15) is 6.10 Å². The molecule has 0 bridgehead atoms. The lowest BCUT2D eigenvalue weighted by Crippen LogP contribution is -2.25. The number of hydrogen-bond acceptors (Lipinski definition) is 4. The van der Waals surface area contributed by atoms with Crippen LogP contribution in [-0.4, -0.2) is 29.3 Å². The van der Waals surface area contributed by atoms with E-state index in [9.17, 15) is 18.3 Å². The Hall–Kier alpha value is -3.06. The maximum atomic E-state index is 12.7. The van der Waals surface area contributed by atoms with E-state index >= 15 is 0 Å². The summed E-state index contributed by atoms with van der Waals surface area (Å²) < 4.78 is 43.9. The van der Waals surface area contributed by atoms with Crippen LogP contribution in [0.3, 0.4) is 0 Å². The van der Waals surface area contributed by atoms with Gasteiger partial charge in [0.25, 0.3) is 0 Å². The van der Waals surface area contributed by atoms with Crippen LogP contribution in [-0.2, 0) is 12.8 Å². The van der Waals surface area contributed by atoms with E-state index in [4.69, 9.17) is 4.74 Å². The smallest absolute Gasteiger partial charge is 0.417 e. The first-order valence-corrected chi connectivity index (χ1v) is 10.1. The third-order valence-corrected chi connectivity index (χ3v) is 5.54. The van der Waals surface area contributed by atoms with E-state index in [-0.39, 0.29) is 18.6 Å². The normalized spacial score (nSPS) is 16.5. The number of hydrogen-bond donors (Lipinski definition) is 1. The highest BCUT2D eigenvalue weighted by atomic mass is 19.4. The number of anilines is 1. The Morgan fingerprint density at radius 1 is 1.13 bits per heavy atom. The van der Waals surface area contributed by atoms with Crippen molar-refractivity contribution >= 4 is 5.69 Å². The first kappa shape index (κ1) is 21.2. The lowest BCUT2D eigenvalue weighted by atomic mass is 9.98. The zero-order valence-electron chi connectivity index (χ0n) is 17.1. The molecule has 0 saturated carbocycles. The van der Waals surface area contributed by atoms with Gasteiger partial charge in [0.05, 0.1) is 18.7 Å². The Morgan fingerprint density at radius 2 is 1.94 bits per heavy atom. The molecule has 7 heteroatoms. The van der Waals surface area contributed by atoms with Crippen molar-refractivity contribution in [2.24, 2.45) is 0 Å². The number of rotatable bonds is 5. The van der Waals surface area contributed by atoms with E-state index in [0.29, 0.717) is 13.0 Å². The number of halogens is 3. The van der Waals surface area contributed by atoms with Crippen LogP contribution in [0.25, 0.3) is 11.1 Å². The number of nitrogens with zero attached hydrogens (tertiary/aromatic N) is 2. The second-order valence-electron chi connectivity index (χ2n) is 7.67. The molecule has 1 aromatic heterocycles. The number of aliphatic hydroxyl groups excluding tert-OH is 1. The Kier molecular flexibility index (Phi) is 5.87. The van der Waals surface area contributed by atoms with E-state index in [1.165, 1.54) is 6.07 Å². The van der Waals surface area contributed by atoms with Crippen LogP contribution in [0.1, 0.15) is 23.1 Å². The van der Waals surface area contributed by atoms with Crippen molar-refractivity contribution in [1.29, 1.82) is 0 Å². The maximum absolute atomic E-state index is 12.7. The van der Waals surface area contributed by atoms with Gasteiger partial charge in [-0.15, -0.1) is 0 Å². The quantitative estimate of drug-likeness (QED) is 0.605. The second kappa shape index (κ2) is 8.59. The van der Waals surface area contributed by atoms with Crippen LogP contribution in [0.4, 0.5) is 18.9 Å². The van der Waals surface area contributed by atoms with Crippen LogP contribution in [0.5, 0.6) is 5.88 Å². The highest BCUT2D eigenvalue weighted by Gasteiger charge is 2.31. The Balaban J connectivity index is 1.47. The zero-order chi connectivity index (χ0) is 22.0. The molecule has 0 amide bonds. The highest BCUT2D eigenvalue weighted by Crippen LogP contribution is 2.33. The van der Waals surface area contributed by atoms with Gasteiger partial charge in [-0.25, -0.2) is 4.98 Å². The van der Waals surface area contributed by atoms with Crippen molar-refractivity contribution in [3.63, 3.8) is 0 Å². The van der Waals surface area contributed by atoms with Crippen molar-refractivity contribution in [3.8, 4) is 17.0 Å². The van der Waals surface area contributed by atoms with Crippen LogP contribution in [0, 0.1) is 6.92 Å². The van der Waals surface area contributed by atoms with Crippen molar-refractivity contribution in [2.75, 3.05) is 18.0 Å². The SMILES string of the molecule is Cc1ccccc1-c1ccc(N2CCC(Oc3ccc(C(F)(F)F)cn3)C2)c(CO)c1. The minimum Gasteiger partial charge on any atom is -0.472 e. The van der Waals surface area contributed by atoms with Crippen molar-refractivity contribution in [2.45, 2.75) is 32.2 Å². The van der Waals surface area contributed by atoms with E-state index in [0.717, 1.165) is 46.7 Å². The summed E-state index contributed by atoms with van der Waals surface area (Å²) in [6.07, 6.45) is -3.10. The summed E-state index contributed by atoms with van der Waals surface area (Å²) >= 11 is 0. The summed E-state index contributed by atoms with van der Waals surface area (Å²) in [5.41, 5.74) is 4.30. The van der Waals surface area contributed by atoms with Gasteiger partial charge in [-0.05, 0) is 41.8 Å². The fourth-order valence-electron chi connectivity index (χ4n) is 3.92. The molecule has 1 fully saturated rings. The first-order chi connectivity index (χ1) is 14.8. The molecule has 1 aliphatic rings. The summed E-state index contributed by atoms with van der Waals surface area (Å²) in [7, 11) is 0. The van der Waals surface area contributed by atoms with Crippen LogP contribution in [0.15, 0.2) is 60.8 Å². The van der Waals surface area contributed by atoms with Crippen molar-refractivity contribution in [1.82, 2.24) is 4.98 Å². The molecule has 162 valence electrons. The van der Waals surface area contributed by atoms with Gasteiger partial charge in [0.2, 0.25) is 5.88 Å². The molecule has 0 spiro atoms. The Labute approximate surface area is 178 Å². The average molecular weight is 428 g/mol. The molecule has 2 heterocycles. The zero-order valence-corrected chi connectivity index (χ0v) is 17.1. The van der Waals surface area contributed by atoms with Gasteiger partial charge < -0.3 is 14.7 Å². The minimum absolute atomic E-state index is 0.0858. The lowest BCUT2D eigenvalue weighted by molar-refractivity contribution is -0.137. The number of benzene rings is 2. The minimum atomic E-state index is -4.42. The summed E-state index contributed by atoms with van der Waals surface area (Å²) in [5, 5.41) is 9.95. The molecule has 4 nitrogen and oxygen atoms in total. The molecule has 1 saturated heterocycles. The number of aryl methyl sites for hydroxylation is 1. The molecular weight excluding hydrogens is 405 g/mol. The van der Waals surface area contributed by atoms with E-state index in [1.54, 1.807) is 0 Å². The van der Waals surface area contributed by atoms with E-state index in [1.807, 2.05) is 30.3 Å². The summed E-state index contributed by atoms with van der Waals surface area (Å²) in [6, 6.07) is 16.4. The van der Waals surface area contributed by atoms with Gasteiger partial charge in [-0.2, -0.15) is 13.2 Å². The third-order valence-electron chi connectivity index (χ3n) is 5.54. The Morgan fingerprint density at radius 3 is 2.61 bits per heavy atom. The summed E-state index contributed by atoms with van der Waals surface area (Å²) in [5.74, 6) is 0.178. The van der Waals surface area contributed by atoms with Crippen LogP contribution < -0.4 is 9.64 Å². The number of pyridine rings is 1.